The molecule has 0 aromatic carbocycles. The van der Waals surface area contributed by atoms with Crippen molar-refractivity contribution in [1.29, 1.82) is 0 Å². The third-order valence-corrected chi connectivity index (χ3v) is 2.91. The first-order valence-electron chi connectivity index (χ1n) is 5.69. The van der Waals surface area contributed by atoms with Crippen LogP contribution in [0.15, 0.2) is 31.1 Å². The molecule has 17 heavy (non-hydrogen) atoms. The van der Waals surface area contributed by atoms with Gasteiger partial charge in [-0.25, -0.2) is 15.0 Å². The quantitative estimate of drug-likeness (QED) is 0.837. The molecule has 0 saturated heterocycles. The normalized spacial score (nSPS) is 12.6. The van der Waals surface area contributed by atoms with Crippen molar-refractivity contribution < 1.29 is 0 Å². The summed E-state index contributed by atoms with van der Waals surface area (Å²) in [4.78, 5) is 12.4. The molecule has 0 radical (unpaired) electrons. The molecular weight excluding hydrogens is 214 g/mol. The fraction of sp³-hybridized carbons (Fsp3) is 0.417. The molecule has 90 valence electrons. The molecule has 1 N–H and O–H groups in total. The summed E-state index contributed by atoms with van der Waals surface area (Å²) in [5.41, 5.74) is 1.12. The Kier molecular flexibility index (Phi) is 3.82. The van der Waals surface area contributed by atoms with E-state index < -0.39 is 0 Å². The highest BCUT2D eigenvalue weighted by Gasteiger charge is 2.11. The first kappa shape index (κ1) is 11.7. The van der Waals surface area contributed by atoms with Gasteiger partial charge in [-0.15, -0.1) is 0 Å². The summed E-state index contributed by atoms with van der Waals surface area (Å²) >= 11 is 0. The van der Waals surface area contributed by atoms with Gasteiger partial charge in [0.1, 0.15) is 12.2 Å². The van der Waals surface area contributed by atoms with E-state index in [2.05, 4.69) is 20.3 Å². The van der Waals surface area contributed by atoms with Crippen LogP contribution in [0.5, 0.6) is 0 Å². The van der Waals surface area contributed by atoms with Crippen molar-refractivity contribution in [2.45, 2.75) is 18.9 Å². The standard InChI is InChI=1S/C12H17N5/c1-13-11(10-7-14-9-15-8-10)3-4-12-16-5-6-17(12)2/h5-9,11,13H,3-4H2,1-2H3. The average Bonchev–Trinajstić information content (AvgIpc) is 2.77. The Bertz CT molecular complexity index is 451. The highest BCUT2D eigenvalue weighted by atomic mass is 15.0. The number of imidazole rings is 1. The summed E-state index contributed by atoms with van der Waals surface area (Å²) in [6, 6.07) is 0.271. The molecule has 2 aromatic heterocycles. The van der Waals surface area contributed by atoms with Crippen LogP contribution in [0.3, 0.4) is 0 Å². The van der Waals surface area contributed by atoms with Gasteiger partial charge in [0, 0.05) is 49.9 Å². The predicted molar refractivity (Wildman–Crippen MR) is 65.4 cm³/mol. The van der Waals surface area contributed by atoms with E-state index in [0.717, 1.165) is 24.2 Å². The van der Waals surface area contributed by atoms with E-state index in [9.17, 15) is 0 Å². The number of aryl methyl sites for hydroxylation is 2. The average molecular weight is 231 g/mol. The topological polar surface area (TPSA) is 55.6 Å². The molecule has 0 bridgehead atoms. The molecule has 0 fully saturated rings. The summed E-state index contributed by atoms with van der Waals surface area (Å²) in [5, 5.41) is 3.28. The van der Waals surface area contributed by atoms with Crippen molar-refractivity contribution in [3.8, 4) is 0 Å². The summed E-state index contributed by atoms with van der Waals surface area (Å²) in [5.74, 6) is 1.10. The molecule has 0 aliphatic heterocycles. The molecule has 1 unspecified atom stereocenters. The van der Waals surface area contributed by atoms with E-state index in [0.29, 0.717) is 0 Å². The minimum atomic E-state index is 0.271. The van der Waals surface area contributed by atoms with Gasteiger partial charge in [-0.05, 0) is 13.5 Å². The largest absolute Gasteiger partial charge is 0.338 e. The lowest BCUT2D eigenvalue weighted by molar-refractivity contribution is 0.532. The number of hydrogen-bond acceptors (Lipinski definition) is 4. The Labute approximate surface area is 101 Å². The van der Waals surface area contributed by atoms with Gasteiger partial charge in [0.05, 0.1) is 0 Å². The zero-order valence-corrected chi connectivity index (χ0v) is 10.2. The number of hydrogen-bond donors (Lipinski definition) is 1. The van der Waals surface area contributed by atoms with E-state index in [1.54, 1.807) is 6.33 Å². The molecule has 2 rings (SSSR count). The van der Waals surface area contributed by atoms with Crippen LogP contribution in [0, 0.1) is 0 Å². The van der Waals surface area contributed by atoms with Crippen LogP contribution in [0.4, 0.5) is 0 Å². The Hall–Kier alpha value is -1.75. The van der Waals surface area contributed by atoms with Gasteiger partial charge in [0.25, 0.3) is 0 Å². The second-order valence-corrected chi connectivity index (χ2v) is 4.01. The SMILES string of the molecule is CNC(CCc1nccn1C)c1cncnc1. The lowest BCUT2D eigenvalue weighted by atomic mass is 10.1. The third kappa shape index (κ3) is 2.88. The van der Waals surface area contributed by atoms with Gasteiger partial charge < -0.3 is 9.88 Å². The molecule has 0 spiro atoms. The molecule has 0 saturated carbocycles. The minimum absolute atomic E-state index is 0.271. The van der Waals surface area contributed by atoms with E-state index in [1.165, 1.54) is 0 Å². The monoisotopic (exact) mass is 231 g/mol. The maximum atomic E-state index is 4.32. The molecule has 0 aliphatic carbocycles. The fourth-order valence-corrected chi connectivity index (χ4v) is 1.88. The molecule has 2 heterocycles. The van der Waals surface area contributed by atoms with E-state index >= 15 is 0 Å². The van der Waals surface area contributed by atoms with Crippen LogP contribution in [0.2, 0.25) is 0 Å². The lowest BCUT2D eigenvalue weighted by Gasteiger charge is -2.15. The molecule has 2 aromatic rings. The maximum absolute atomic E-state index is 4.32. The van der Waals surface area contributed by atoms with Gasteiger partial charge >= 0.3 is 0 Å². The van der Waals surface area contributed by atoms with Crippen molar-refractivity contribution in [3.05, 3.63) is 42.5 Å². The molecular formula is C12H17N5. The number of nitrogens with one attached hydrogen (secondary N) is 1. The van der Waals surface area contributed by atoms with Crippen LogP contribution in [0.25, 0.3) is 0 Å². The van der Waals surface area contributed by atoms with Crippen LogP contribution >= 0.6 is 0 Å². The second kappa shape index (κ2) is 5.54. The smallest absolute Gasteiger partial charge is 0.115 e. The number of nitrogens with zero attached hydrogens (tertiary/aromatic N) is 4. The van der Waals surface area contributed by atoms with Crippen molar-refractivity contribution >= 4 is 0 Å². The highest BCUT2D eigenvalue weighted by Crippen LogP contribution is 2.16. The fourth-order valence-electron chi connectivity index (χ4n) is 1.88. The van der Waals surface area contributed by atoms with Crippen LogP contribution < -0.4 is 5.32 Å². The predicted octanol–water partition coefficient (Wildman–Crippen LogP) is 1.10. The molecule has 5 nitrogen and oxygen atoms in total. The van der Waals surface area contributed by atoms with Gasteiger partial charge in [0.2, 0.25) is 0 Å². The summed E-state index contributed by atoms with van der Waals surface area (Å²) in [7, 11) is 3.97. The lowest BCUT2D eigenvalue weighted by Crippen LogP contribution is -2.18. The molecule has 0 amide bonds. The number of rotatable bonds is 5. The maximum Gasteiger partial charge on any atom is 0.115 e. The van der Waals surface area contributed by atoms with Crippen molar-refractivity contribution in [1.82, 2.24) is 24.8 Å². The van der Waals surface area contributed by atoms with Gasteiger partial charge in [-0.3, -0.25) is 0 Å². The Balaban J connectivity index is 1.99. The van der Waals surface area contributed by atoms with Gasteiger partial charge in [0.15, 0.2) is 0 Å². The van der Waals surface area contributed by atoms with Gasteiger partial charge in [-0.2, -0.15) is 0 Å². The third-order valence-electron chi connectivity index (χ3n) is 2.91. The van der Waals surface area contributed by atoms with Crippen LogP contribution in [0.1, 0.15) is 23.9 Å². The zero-order chi connectivity index (χ0) is 12.1. The molecule has 0 aliphatic rings. The highest BCUT2D eigenvalue weighted by molar-refractivity contribution is 5.09. The van der Waals surface area contributed by atoms with Crippen LogP contribution in [-0.2, 0) is 13.5 Å². The van der Waals surface area contributed by atoms with Gasteiger partial charge in [-0.1, -0.05) is 0 Å². The zero-order valence-electron chi connectivity index (χ0n) is 10.2. The van der Waals surface area contributed by atoms with Crippen molar-refractivity contribution in [2.24, 2.45) is 7.05 Å². The molecule has 1 atom stereocenters. The van der Waals surface area contributed by atoms with E-state index in [-0.39, 0.29) is 6.04 Å². The summed E-state index contributed by atoms with van der Waals surface area (Å²) in [6.45, 7) is 0. The van der Waals surface area contributed by atoms with Crippen molar-refractivity contribution in [2.75, 3.05) is 7.05 Å². The van der Waals surface area contributed by atoms with Crippen LogP contribution in [-0.4, -0.2) is 26.6 Å². The van der Waals surface area contributed by atoms with Crippen molar-refractivity contribution in [3.63, 3.8) is 0 Å². The Morgan fingerprint density at radius 1 is 1.35 bits per heavy atom. The summed E-state index contributed by atoms with van der Waals surface area (Å²) in [6.07, 6.45) is 11.0. The summed E-state index contributed by atoms with van der Waals surface area (Å²) < 4.78 is 2.05. The first-order valence-corrected chi connectivity index (χ1v) is 5.69. The van der Waals surface area contributed by atoms with E-state index in [1.807, 2.05) is 43.4 Å². The first-order chi connectivity index (χ1) is 8.31. The van der Waals surface area contributed by atoms with E-state index in [4.69, 9.17) is 0 Å². The number of aromatic nitrogens is 4. The minimum Gasteiger partial charge on any atom is -0.338 e. The Morgan fingerprint density at radius 3 is 2.71 bits per heavy atom. The second-order valence-electron chi connectivity index (χ2n) is 4.01. The molecule has 5 heteroatoms. The Morgan fingerprint density at radius 2 is 2.12 bits per heavy atom.